The minimum atomic E-state index is -4.84. The molecule has 7 nitrogen and oxygen atoms in total. The molecule has 1 rings (SSSR count). The van der Waals surface area contributed by atoms with Gasteiger partial charge in [-0.05, 0) is 25.0 Å². The minimum Gasteiger partial charge on any atom is -0.726 e. The molecule has 0 aliphatic carbocycles. The fourth-order valence-corrected chi connectivity index (χ4v) is 1.56. The number of quaternary nitrogens is 1. The molecule has 0 atom stereocenters. The third kappa shape index (κ3) is 5.23. The monoisotopic (exact) mass is 276 g/mol. The molecule has 0 unspecified atom stereocenters. The molecule has 0 aliphatic heterocycles. The van der Waals surface area contributed by atoms with E-state index in [-0.39, 0.29) is 6.15 Å². The first-order chi connectivity index (χ1) is 7.79. The molecule has 0 aromatic heterocycles. The van der Waals surface area contributed by atoms with Crippen molar-refractivity contribution in [1.29, 1.82) is 0 Å². The van der Waals surface area contributed by atoms with Gasteiger partial charge in [-0.25, -0.2) is 8.42 Å². The highest BCUT2D eigenvalue weighted by molar-refractivity contribution is 7.80. The number of carbonyl (C=O) groups excluding carboxylic acids is 1. The highest BCUT2D eigenvalue weighted by Crippen LogP contribution is 2.19. The van der Waals surface area contributed by atoms with E-state index < -0.39 is 22.9 Å². The fourth-order valence-electron chi connectivity index (χ4n) is 1.31. The average molecular weight is 276 g/mol. The smallest absolute Gasteiger partial charge is 0.251 e. The Morgan fingerprint density at radius 3 is 2.28 bits per heavy atom. The SMILES string of the molecule is Cc1cccc(C)c1NC(=O)COS(=O)(=O)[O-].[NH4+]. The van der Waals surface area contributed by atoms with Crippen LogP contribution in [0.5, 0.6) is 0 Å². The number of anilines is 1. The van der Waals surface area contributed by atoms with Gasteiger partial charge in [-0.15, -0.1) is 0 Å². The number of carbonyl (C=O) groups is 1. The molecule has 0 bridgehead atoms. The molecule has 0 saturated carbocycles. The van der Waals surface area contributed by atoms with Gasteiger partial charge in [-0.1, -0.05) is 18.2 Å². The second-order valence-electron chi connectivity index (χ2n) is 3.49. The Morgan fingerprint density at radius 1 is 1.33 bits per heavy atom. The normalized spacial score (nSPS) is 10.6. The van der Waals surface area contributed by atoms with Crippen LogP contribution in [-0.4, -0.2) is 25.5 Å². The number of nitrogens with one attached hydrogen (secondary N) is 1. The first kappa shape index (κ1) is 16.5. The molecule has 1 aromatic rings. The van der Waals surface area contributed by atoms with E-state index >= 15 is 0 Å². The predicted octanol–water partition coefficient (Wildman–Crippen LogP) is 1.09. The molecule has 1 aromatic carbocycles. The van der Waals surface area contributed by atoms with Crippen molar-refractivity contribution in [1.82, 2.24) is 6.15 Å². The molecule has 5 N–H and O–H groups in total. The summed E-state index contributed by atoms with van der Waals surface area (Å²) in [5.74, 6) is -0.693. The molecule has 18 heavy (non-hydrogen) atoms. The Bertz CT molecular complexity index is 507. The second-order valence-corrected chi connectivity index (χ2v) is 4.54. The number of amides is 1. The molecule has 0 aliphatic rings. The van der Waals surface area contributed by atoms with Crippen LogP contribution in [-0.2, 0) is 19.4 Å². The van der Waals surface area contributed by atoms with Crippen LogP contribution in [0.2, 0.25) is 0 Å². The van der Waals surface area contributed by atoms with Crippen LogP contribution in [0.15, 0.2) is 18.2 Å². The van der Waals surface area contributed by atoms with Crippen molar-refractivity contribution in [3.05, 3.63) is 29.3 Å². The summed E-state index contributed by atoms with van der Waals surface area (Å²) in [5, 5.41) is 2.48. The molecule has 0 saturated heterocycles. The van der Waals surface area contributed by atoms with Crippen LogP contribution < -0.4 is 11.5 Å². The number of hydrogen-bond acceptors (Lipinski definition) is 5. The topological polar surface area (TPSA) is 132 Å². The van der Waals surface area contributed by atoms with Crippen molar-refractivity contribution >= 4 is 22.0 Å². The van der Waals surface area contributed by atoms with E-state index in [2.05, 4.69) is 9.50 Å². The number of para-hydroxylation sites is 1. The standard InChI is InChI=1S/C10H13NO5S.H3N/c1-7-4-3-5-8(2)10(7)11-9(12)6-16-17(13,14)15;/h3-5H,6H2,1-2H3,(H,11,12)(H,13,14,15);1H3. The molecule has 102 valence electrons. The van der Waals surface area contributed by atoms with Crippen molar-refractivity contribution in [3.8, 4) is 0 Å². The van der Waals surface area contributed by atoms with Gasteiger partial charge >= 0.3 is 0 Å². The number of hydrogen-bond donors (Lipinski definition) is 2. The lowest BCUT2D eigenvalue weighted by molar-refractivity contribution is -0.118. The number of aryl methyl sites for hydroxylation is 2. The van der Waals surface area contributed by atoms with Gasteiger partial charge in [0.2, 0.25) is 10.4 Å². The van der Waals surface area contributed by atoms with E-state index in [9.17, 15) is 17.8 Å². The first-order valence-electron chi connectivity index (χ1n) is 4.76. The third-order valence-corrected chi connectivity index (χ3v) is 2.49. The summed E-state index contributed by atoms with van der Waals surface area (Å²) in [6.45, 7) is 2.78. The lowest BCUT2D eigenvalue weighted by Gasteiger charge is -2.12. The lowest BCUT2D eigenvalue weighted by Crippen LogP contribution is -2.21. The maximum atomic E-state index is 11.3. The zero-order valence-corrected chi connectivity index (χ0v) is 11.2. The van der Waals surface area contributed by atoms with Crippen molar-refractivity contribution in [3.63, 3.8) is 0 Å². The van der Waals surface area contributed by atoms with E-state index in [1.165, 1.54) is 0 Å². The van der Waals surface area contributed by atoms with Crippen LogP contribution in [0, 0.1) is 13.8 Å². The Hall–Kier alpha value is -1.48. The third-order valence-electron chi connectivity index (χ3n) is 2.08. The maximum absolute atomic E-state index is 11.3. The quantitative estimate of drug-likeness (QED) is 0.627. The molecule has 8 heteroatoms. The van der Waals surface area contributed by atoms with Gasteiger partial charge in [0.05, 0.1) is 0 Å². The zero-order chi connectivity index (χ0) is 13.1. The molecule has 0 heterocycles. The summed E-state index contributed by atoms with van der Waals surface area (Å²) >= 11 is 0. The Balaban J connectivity index is 0.00000289. The van der Waals surface area contributed by atoms with Gasteiger partial charge < -0.3 is 16.0 Å². The highest BCUT2D eigenvalue weighted by Gasteiger charge is 2.08. The summed E-state index contributed by atoms with van der Waals surface area (Å²) in [6, 6.07) is 5.43. The average Bonchev–Trinajstić information content (AvgIpc) is 2.20. The molecular weight excluding hydrogens is 260 g/mol. The van der Waals surface area contributed by atoms with Crippen LogP contribution in [0.4, 0.5) is 5.69 Å². The number of benzene rings is 1. The van der Waals surface area contributed by atoms with Crippen LogP contribution >= 0.6 is 0 Å². The molecule has 0 fully saturated rings. The largest absolute Gasteiger partial charge is 0.726 e. The highest BCUT2D eigenvalue weighted by atomic mass is 32.3. The van der Waals surface area contributed by atoms with Gasteiger partial charge in [-0.2, -0.15) is 0 Å². The zero-order valence-electron chi connectivity index (χ0n) is 10.4. The van der Waals surface area contributed by atoms with E-state index in [4.69, 9.17) is 0 Å². The van der Waals surface area contributed by atoms with E-state index in [0.717, 1.165) is 11.1 Å². The van der Waals surface area contributed by atoms with Gasteiger partial charge in [0, 0.05) is 5.69 Å². The number of rotatable bonds is 4. The summed E-state index contributed by atoms with van der Waals surface area (Å²) < 4.78 is 34.3. The van der Waals surface area contributed by atoms with Crippen molar-refractivity contribution in [2.24, 2.45) is 0 Å². The summed E-state index contributed by atoms with van der Waals surface area (Å²) in [6.07, 6.45) is 0. The van der Waals surface area contributed by atoms with Crippen molar-refractivity contribution in [2.45, 2.75) is 13.8 Å². The van der Waals surface area contributed by atoms with Crippen LogP contribution in [0.1, 0.15) is 11.1 Å². The Morgan fingerprint density at radius 2 is 1.83 bits per heavy atom. The second kappa shape index (κ2) is 6.45. The van der Waals surface area contributed by atoms with Gasteiger partial charge in [-0.3, -0.25) is 8.98 Å². The van der Waals surface area contributed by atoms with Gasteiger partial charge in [0.15, 0.2) is 0 Å². The van der Waals surface area contributed by atoms with Gasteiger partial charge in [0.25, 0.3) is 5.91 Å². The van der Waals surface area contributed by atoms with E-state index in [0.29, 0.717) is 5.69 Å². The summed E-state index contributed by atoms with van der Waals surface area (Å²) in [5.41, 5.74) is 2.26. The first-order valence-corrected chi connectivity index (χ1v) is 6.09. The lowest BCUT2D eigenvalue weighted by atomic mass is 10.1. The fraction of sp³-hybridized carbons (Fsp3) is 0.300. The predicted molar refractivity (Wildman–Crippen MR) is 66.2 cm³/mol. The molecular formula is C10H16N2O5S. The van der Waals surface area contributed by atoms with Crippen LogP contribution in [0.3, 0.4) is 0 Å². The molecule has 0 spiro atoms. The summed E-state index contributed by atoms with van der Waals surface area (Å²) in [7, 11) is -4.84. The van der Waals surface area contributed by atoms with E-state index in [1.54, 1.807) is 26.0 Å². The van der Waals surface area contributed by atoms with Gasteiger partial charge in [0.1, 0.15) is 6.61 Å². The summed E-state index contributed by atoms with van der Waals surface area (Å²) in [4.78, 5) is 11.3. The van der Waals surface area contributed by atoms with E-state index in [1.807, 2.05) is 6.07 Å². The Labute approximate surface area is 106 Å². The van der Waals surface area contributed by atoms with Crippen LogP contribution in [0.25, 0.3) is 0 Å². The molecule has 0 radical (unpaired) electrons. The van der Waals surface area contributed by atoms with Crippen molar-refractivity contribution < 1.29 is 21.9 Å². The Kier molecular flexibility index (Phi) is 5.92. The molecule has 1 amide bonds. The van der Waals surface area contributed by atoms with Crippen molar-refractivity contribution in [2.75, 3.05) is 11.9 Å². The minimum absolute atomic E-state index is 0. The maximum Gasteiger partial charge on any atom is 0.251 e.